The smallest absolute Gasteiger partial charge is 0.335 e. The molecule has 0 spiro atoms. The molecule has 2 N–H and O–H groups in total. The second-order valence-corrected chi connectivity index (χ2v) is 5.03. The Labute approximate surface area is 137 Å². The average Bonchev–Trinajstić information content (AvgIpc) is 2.53. The zero-order valence-electron chi connectivity index (χ0n) is 13.2. The lowest BCUT2D eigenvalue weighted by Gasteiger charge is -2.24. The third kappa shape index (κ3) is 7.79. The van der Waals surface area contributed by atoms with Crippen LogP contribution in [0.1, 0.15) is 27.2 Å². The Balaban J connectivity index is 4.35. The van der Waals surface area contributed by atoms with Gasteiger partial charge in [-0.2, -0.15) is 0 Å². The molecule has 10 heteroatoms. The largest absolute Gasteiger partial charge is 0.405 e. The van der Waals surface area contributed by atoms with Crippen LogP contribution < -0.4 is 11.3 Å². The van der Waals surface area contributed by atoms with Gasteiger partial charge >= 0.3 is 23.9 Å². The molecule has 0 amide bonds. The minimum absolute atomic E-state index is 0.000196. The molecule has 0 aliphatic heterocycles. The molecule has 0 saturated carbocycles. The van der Waals surface area contributed by atoms with Gasteiger partial charge in [-0.15, -0.1) is 12.8 Å². The van der Waals surface area contributed by atoms with E-state index in [-0.39, 0.29) is 6.42 Å². The molecule has 0 fully saturated rings. The molecule has 1 unspecified atom stereocenters. The summed E-state index contributed by atoms with van der Waals surface area (Å²) in [6.07, 6.45) is 9.47. The lowest BCUT2D eigenvalue weighted by atomic mass is 9.83. The van der Waals surface area contributed by atoms with Crippen molar-refractivity contribution >= 4 is 23.9 Å². The number of hydrogen-bond donors (Lipinski definition) is 2. The third-order valence-corrected chi connectivity index (χ3v) is 2.55. The van der Waals surface area contributed by atoms with Gasteiger partial charge in [0.2, 0.25) is 0 Å². The fraction of sp³-hybridized carbons (Fsp3) is 0.429. The van der Waals surface area contributed by atoms with Crippen LogP contribution >= 0.6 is 0 Å². The van der Waals surface area contributed by atoms with Crippen molar-refractivity contribution in [1.29, 1.82) is 0 Å². The molecule has 0 bridgehead atoms. The second-order valence-electron chi connectivity index (χ2n) is 5.03. The molecule has 0 radical (unpaired) electrons. The lowest BCUT2D eigenvalue weighted by Crippen LogP contribution is -2.36. The second kappa shape index (κ2) is 9.84. The lowest BCUT2D eigenvalue weighted by molar-refractivity contribution is -0.203. The SMILES string of the molecule is C#CC(=O)ONOC(=O)C(C)CC(C)(C)C(=O)ONOC(=O)C#C. The maximum Gasteiger partial charge on any atom is 0.405 e. The monoisotopic (exact) mass is 340 g/mol. The number of nitrogens with one attached hydrogen (secondary N) is 2. The molecule has 0 aliphatic rings. The van der Waals surface area contributed by atoms with Crippen LogP contribution in [0.2, 0.25) is 0 Å². The summed E-state index contributed by atoms with van der Waals surface area (Å²) in [6, 6.07) is 0. The predicted molar refractivity (Wildman–Crippen MR) is 75.9 cm³/mol. The fourth-order valence-corrected chi connectivity index (χ4v) is 1.43. The Morgan fingerprint density at radius 3 is 1.88 bits per heavy atom. The molecule has 10 nitrogen and oxygen atoms in total. The summed E-state index contributed by atoms with van der Waals surface area (Å²) in [5.74, 6) is -1.32. The topological polar surface area (TPSA) is 129 Å². The highest BCUT2D eigenvalue weighted by atomic mass is 16.9. The number of hydrogen-bond acceptors (Lipinski definition) is 10. The van der Waals surface area contributed by atoms with Gasteiger partial charge in [0, 0.05) is 23.1 Å². The van der Waals surface area contributed by atoms with Crippen molar-refractivity contribution in [2.75, 3.05) is 0 Å². The number of carbonyl (C=O) groups is 4. The summed E-state index contributed by atoms with van der Waals surface area (Å²) in [5.41, 5.74) is 2.14. The van der Waals surface area contributed by atoms with E-state index >= 15 is 0 Å². The maximum absolute atomic E-state index is 11.8. The summed E-state index contributed by atoms with van der Waals surface area (Å²) in [6.45, 7) is 4.43. The highest BCUT2D eigenvalue weighted by Gasteiger charge is 2.34. The summed E-state index contributed by atoms with van der Waals surface area (Å²) >= 11 is 0. The van der Waals surface area contributed by atoms with E-state index in [1.807, 2.05) is 0 Å². The van der Waals surface area contributed by atoms with E-state index in [0.29, 0.717) is 0 Å². The first-order chi connectivity index (χ1) is 11.1. The van der Waals surface area contributed by atoms with Gasteiger partial charge in [-0.05, 0) is 20.3 Å². The van der Waals surface area contributed by atoms with E-state index in [2.05, 4.69) is 19.4 Å². The minimum atomic E-state index is -1.15. The van der Waals surface area contributed by atoms with E-state index in [0.717, 1.165) is 0 Å². The maximum atomic E-state index is 11.8. The predicted octanol–water partition coefficient (Wildman–Crippen LogP) is -0.683. The van der Waals surface area contributed by atoms with Crippen LogP contribution in [0.15, 0.2) is 0 Å². The molecular formula is C14H16N2O8. The van der Waals surface area contributed by atoms with Crippen LogP contribution in [-0.4, -0.2) is 23.9 Å². The molecule has 0 saturated heterocycles. The van der Waals surface area contributed by atoms with E-state index in [4.69, 9.17) is 12.8 Å². The molecule has 0 aromatic carbocycles. The van der Waals surface area contributed by atoms with Crippen molar-refractivity contribution in [2.24, 2.45) is 11.3 Å². The fourth-order valence-electron chi connectivity index (χ4n) is 1.43. The third-order valence-electron chi connectivity index (χ3n) is 2.55. The van der Waals surface area contributed by atoms with E-state index in [1.54, 1.807) is 23.1 Å². The molecular weight excluding hydrogens is 324 g/mol. The van der Waals surface area contributed by atoms with Gasteiger partial charge in [0.1, 0.15) is 0 Å². The van der Waals surface area contributed by atoms with E-state index in [9.17, 15) is 19.2 Å². The first kappa shape index (κ1) is 20.9. The Kier molecular flexibility index (Phi) is 8.58. The summed E-state index contributed by atoms with van der Waals surface area (Å²) in [7, 11) is 0. The standard InChI is InChI=1S/C14H16N2O8/c1-6-10(17)21-15-23-12(19)9(3)8-14(4,5)13(20)24-16-22-11(18)7-2/h1-2,9,15-16H,8H2,3-5H3. The van der Waals surface area contributed by atoms with E-state index < -0.39 is 35.2 Å². The van der Waals surface area contributed by atoms with Gasteiger partial charge < -0.3 is 19.4 Å². The van der Waals surface area contributed by atoms with Gasteiger partial charge in [-0.25, -0.2) is 19.2 Å². The van der Waals surface area contributed by atoms with Crippen LogP contribution in [0.5, 0.6) is 0 Å². The molecule has 0 rings (SSSR count). The van der Waals surface area contributed by atoms with Crippen molar-refractivity contribution in [3.8, 4) is 24.7 Å². The van der Waals surface area contributed by atoms with Crippen LogP contribution in [0.25, 0.3) is 0 Å². The summed E-state index contributed by atoms with van der Waals surface area (Å²) < 4.78 is 0. The van der Waals surface area contributed by atoms with Gasteiger partial charge in [-0.3, -0.25) is 0 Å². The number of carbonyl (C=O) groups excluding carboxylic acids is 4. The van der Waals surface area contributed by atoms with Crippen LogP contribution in [0.4, 0.5) is 0 Å². The van der Waals surface area contributed by atoms with Crippen molar-refractivity contribution in [2.45, 2.75) is 27.2 Å². The molecule has 130 valence electrons. The Hall–Kier alpha value is -3.08. The molecule has 0 aromatic heterocycles. The van der Waals surface area contributed by atoms with E-state index in [1.165, 1.54) is 20.8 Å². The Morgan fingerprint density at radius 1 is 0.958 bits per heavy atom. The minimum Gasteiger partial charge on any atom is -0.335 e. The van der Waals surface area contributed by atoms with Crippen LogP contribution in [-0.2, 0) is 38.5 Å². The highest BCUT2D eigenvalue weighted by molar-refractivity contribution is 5.87. The van der Waals surface area contributed by atoms with Gasteiger partial charge in [0.05, 0.1) is 11.3 Å². The van der Waals surface area contributed by atoms with Crippen LogP contribution in [0, 0.1) is 36.0 Å². The van der Waals surface area contributed by atoms with Crippen molar-refractivity contribution in [3.63, 3.8) is 0 Å². The number of terminal acetylenes is 2. The van der Waals surface area contributed by atoms with Gasteiger partial charge in [0.25, 0.3) is 0 Å². The molecule has 1 atom stereocenters. The van der Waals surface area contributed by atoms with Gasteiger partial charge in [0.15, 0.2) is 0 Å². The first-order valence-electron chi connectivity index (χ1n) is 6.40. The van der Waals surface area contributed by atoms with Crippen molar-refractivity contribution < 1.29 is 38.5 Å². The normalized spacial score (nSPS) is 11.2. The zero-order valence-corrected chi connectivity index (χ0v) is 13.2. The number of rotatable bonds is 8. The molecule has 0 aromatic rings. The summed E-state index contributed by atoms with van der Waals surface area (Å²) in [5, 5.41) is 0. The first-order valence-corrected chi connectivity index (χ1v) is 6.40. The van der Waals surface area contributed by atoms with Crippen molar-refractivity contribution in [3.05, 3.63) is 0 Å². The summed E-state index contributed by atoms with van der Waals surface area (Å²) in [4.78, 5) is 62.0. The highest BCUT2D eigenvalue weighted by Crippen LogP contribution is 2.27. The quantitative estimate of drug-likeness (QED) is 0.433. The van der Waals surface area contributed by atoms with Crippen molar-refractivity contribution in [1.82, 2.24) is 11.3 Å². The Morgan fingerprint density at radius 2 is 1.42 bits per heavy atom. The molecule has 0 heterocycles. The molecule has 24 heavy (non-hydrogen) atoms. The molecule has 0 aliphatic carbocycles. The zero-order chi connectivity index (χ0) is 18.8. The van der Waals surface area contributed by atoms with Crippen LogP contribution in [0.3, 0.4) is 0 Å². The average molecular weight is 340 g/mol. The Bertz CT molecular complexity index is 585. The van der Waals surface area contributed by atoms with Gasteiger partial charge in [-0.1, -0.05) is 6.92 Å².